The van der Waals surface area contributed by atoms with Gasteiger partial charge in [-0.2, -0.15) is 4.89 Å². The van der Waals surface area contributed by atoms with E-state index in [1.54, 1.807) is 6.92 Å². The summed E-state index contributed by atoms with van der Waals surface area (Å²) in [5.41, 5.74) is 0. The van der Waals surface area contributed by atoms with E-state index in [9.17, 15) is 19.2 Å². The minimum atomic E-state index is -1.05. The number of hydrogen-bond donors (Lipinski definition) is 2. The van der Waals surface area contributed by atoms with Crippen LogP contribution in [0.3, 0.4) is 0 Å². The molecule has 0 aliphatic rings. The van der Waals surface area contributed by atoms with Crippen molar-refractivity contribution in [1.29, 1.82) is 0 Å². The molecule has 0 radical (unpaired) electrons. The highest BCUT2D eigenvalue weighted by atomic mass is 17.2. The van der Waals surface area contributed by atoms with E-state index in [0.717, 1.165) is 0 Å². The molecule has 0 aromatic rings. The maximum atomic E-state index is 11.8. The summed E-state index contributed by atoms with van der Waals surface area (Å²) in [6.07, 6.45) is 0.0228. The van der Waals surface area contributed by atoms with Gasteiger partial charge in [-0.3, -0.25) is 19.3 Å². The fourth-order valence-electron chi connectivity index (χ4n) is 3.08. The number of ether oxygens (including phenoxy) is 3. The number of rotatable bonds is 20. The summed E-state index contributed by atoms with van der Waals surface area (Å²) < 4.78 is 15.8. The Kier molecular flexibility index (Phi) is 16.9. The molecule has 11 heteroatoms. The minimum Gasteiger partial charge on any atom is -0.481 e. The van der Waals surface area contributed by atoms with Crippen LogP contribution in [0, 0.1) is 23.7 Å². The van der Waals surface area contributed by atoms with Gasteiger partial charge in [-0.05, 0) is 31.6 Å². The quantitative estimate of drug-likeness (QED) is 0.111. The first-order valence-corrected chi connectivity index (χ1v) is 11.5. The van der Waals surface area contributed by atoms with Crippen LogP contribution in [-0.2, 0) is 43.2 Å². The zero-order valence-electron chi connectivity index (χ0n) is 20.8. The first-order valence-electron chi connectivity index (χ1n) is 11.5. The van der Waals surface area contributed by atoms with Crippen molar-refractivity contribution in [3.63, 3.8) is 0 Å². The van der Waals surface area contributed by atoms with Crippen molar-refractivity contribution in [3.05, 3.63) is 0 Å². The van der Waals surface area contributed by atoms with Gasteiger partial charge in [0.05, 0.1) is 50.6 Å². The van der Waals surface area contributed by atoms with Crippen LogP contribution in [0.5, 0.6) is 0 Å². The number of esters is 1. The molecule has 0 rings (SSSR count). The van der Waals surface area contributed by atoms with Crippen LogP contribution in [0.2, 0.25) is 0 Å². The highest BCUT2D eigenvalue weighted by molar-refractivity contribution is 5.79. The Morgan fingerprint density at radius 1 is 0.706 bits per heavy atom. The SMILES string of the molecule is CC(C)CC(CC(=O)OCCOCC(C)OCCOOC(=O)CC(CC(C)C)C(=O)O)C(=O)O. The second kappa shape index (κ2) is 18.1. The van der Waals surface area contributed by atoms with Crippen LogP contribution in [0.15, 0.2) is 0 Å². The van der Waals surface area contributed by atoms with Crippen molar-refractivity contribution in [2.45, 2.75) is 66.4 Å². The van der Waals surface area contributed by atoms with Crippen molar-refractivity contribution in [3.8, 4) is 0 Å². The van der Waals surface area contributed by atoms with Crippen molar-refractivity contribution in [2.24, 2.45) is 23.7 Å². The lowest BCUT2D eigenvalue weighted by Crippen LogP contribution is -2.23. The number of hydrogen-bond acceptors (Lipinski definition) is 9. The summed E-state index contributed by atoms with van der Waals surface area (Å²) in [7, 11) is 0. The first kappa shape index (κ1) is 31.8. The zero-order valence-corrected chi connectivity index (χ0v) is 20.8. The Bertz CT molecular complexity index is 566. The third-order valence-electron chi connectivity index (χ3n) is 4.60. The topological polar surface area (TPSA) is 155 Å². The summed E-state index contributed by atoms with van der Waals surface area (Å²) in [5.74, 6) is -4.67. The monoisotopic (exact) mass is 492 g/mol. The van der Waals surface area contributed by atoms with E-state index in [0.29, 0.717) is 12.8 Å². The third-order valence-corrected chi connectivity index (χ3v) is 4.60. The molecule has 11 nitrogen and oxygen atoms in total. The predicted octanol–water partition coefficient (Wildman–Crippen LogP) is 2.70. The Balaban J connectivity index is 3.85. The molecule has 0 aliphatic carbocycles. The van der Waals surface area contributed by atoms with Gasteiger partial charge in [-0.15, -0.1) is 0 Å². The normalized spacial score (nSPS) is 14.0. The number of carbonyl (C=O) groups is 4. The maximum Gasteiger partial charge on any atom is 0.343 e. The van der Waals surface area contributed by atoms with Crippen molar-refractivity contribution in [2.75, 3.05) is 33.0 Å². The molecular formula is C23H40O11. The Labute approximate surface area is 200 Å². The number of carboxylic acids is 2. The predicted molar refractivity (Wildman–Crippen MR) is 120 cm³/mol. The standard InChI is InChI=1S/C23H40O11/c1-15(2)10-18(22(26)27)12-20(24)32-7-6-30-14-17(5)31-8-9-33-34-21(25)13-19(23(28)29)11-16(3)4/h15-19H,6-14H2,1-5H3,(H,26,27)(H,28,29). The van der Waals surface area contributed by atoms with Gasteiger partial charge in [0.1, 0.15) is 13.2 Å². The molecule has 0 saturated carbocycles. The number of carboxylic acid groups (broad SMARTS) is 2. The van der Waals surface area contributed by atoms with Crippen molar-refractivity contribution >= 4 is 23.9 Å². The van der Waals surface area contributed by atoms with Gasteiger partial charge in [0.25, 0.3) is 0 Å². The lowest BCUT2D eigenvalue weighted by atomic mass is 9.94. The summed E-state index contributed by atoms with van der Waals surface area (Å²) in [5, 5.41) is 18.3. The van der Waals surface area contributed by atoms with Gasteiger partial charge in [0.2, 0.25) is 0 Å². The van der Waals surface area contributed by atoms with Crippen LogP contribution < -0.4 is 0 Å². The van der Waals surface area contributed by atoms with Crippen LogP contribution in [0.1, 0.15) is 60.3 Å². The highest BCUT2D eigenvalue weighted by Crippen LogP contribution is 2.17. The number of aliphatic carboxylic acids is 2. The van der Waals surface area contributed by atoms with Crippen LogP contribution in [-0.4, -0.2) is 73.2 Å². The molecule has 0 aromatic carbocycles. The van der Waals surface area contributed by atoms with Gasteiger partial charge >= 0.3 is 23.9 Å². The van der Waals surface area contributed by atoms with Crippen molar-refractivity contribution in [1.82, 2.24) is 0 Å². The van der Waals surface area contributed by atoms with Crippen LogP contribution in [0.4, 0.5) is 0 Å². The molecule has 0 bridgehead atoms. The van der Waals surface area contributed by atoms with E-state index < -0.39 is 35.7 Å². The molecule has 0 spiro atoms. The fraction of sp³-hybridized carbons (Fsp3) is 0.826. The molecular weight excluding hydrogens is 452 g/mol. The number of carbonyl (C=O) groups excluding carboxylic acids is 2. The lowest BCUT2D eigenvalue weighted by molar-refractivity contribution is -0.278. The van der Waals surface area contributed by atoms with E-state index in [4.69, 9.17) is 29.3 Å². The average Bonchev–Trinajstić information content (AvgIpc) is 2.71. The van der Waals surface area contributed by atoms with Gasteiger partial charge in [0.15, 0.2) is 0 Å². The fourth-order valence-corrected chi connectivity index (χ4v) is 3.08. The van der Waals surface area contributed by atoms with E-state index in [1.165, 1.54) is 0 Å². The van der Waals surface area contributed by atoms with Crippen LogP contribution >= 0.6 is 0 Å². The molecule has 0 aliphatic heterocycles. The Morgan fingerprint density at radius 3 is 1.74 bits per heavy atom. The van der Waals surface area contributed by atoms with E-state index >= 15 is 0 Å². The van der Waals surface area contributed by atoms with Gasteiger partial charge in [-0.25, -0.2) is 4.79 Å². The van der Waals surface area contributed by atoms with E-state index in [-0.39, 0.29) is 63.8 Å². The van der Waals surface area contributed by atoms with Gasteiger partial charge in [0, 0.05) is 0 Å². The molecule has 0 amide bonds. The molecule has 0 saturated heterocycles. The molecule has 0 aromatic heterocycles. The molecule has 0 fully saturated rings. The zero-order chi connectivity index (χ0) is 26.1. The molecule has 2 N–H and O–H groups in total. The molecule has 198 valence electrons. The second-order valence-corrected chi connectivity index (χ2v) is 8.99. The van der Waals surface area contributed by atoms with Gasteiger partial charge in [-0.1, -0.05) is 27.7 Å². The molecule has 3 atom stereocenters. The van der Waals surface area contributed by atoms with E-state index in [2.05, 4.69) is 4.89 Å². The molecule has 3 unspecified atom stereocenters. The average molecular weight is 493 g/mol. The summed E-state index contributed by atoms with van der Waals surface area (Å²) in [6.45, 7) is 9.73. The largest absolute Gasteiger partial charge is 0.481 e. The summed E-state index contributed by atoms with van der Waals surface area (Å²) in [4.78, 5) is 55.2. The minimum absolute atomic E-state index is 0.00673. The summed E-state index contributed by atoms with van der Waals surface area (Å²) >= 11 is 0. The second-order valence-electron chi connectivity index (χ2n) is 8.99. The Morgan fingerprint density at radius 2 is 1.24 bits per heavy atom. The maximum absolute atomic E-state index is 11.8. The smallest absolute Gasteiger partial charge is 0.343 e. The van der Waals surface area contributed by atoms with Crippen molar-refractivity contribution < 1.29 is 53.4 Å². The third kappa shape index (κ3) is 17.3. The Hall–Kier alpha value is -2.24. The molecule has 0 heterocycles. The lowest BCUT2D eigenvalue weighted by Gasteiger charge is -2.15. The van der Waals surface area contributed by atoms with Gasteiger partial charge < -0.3 is 24.4 Å². The first-order chi connectivity index (χ1) is 15.9. The van der Waals surface area contributed by atoms with Crippen LogP contribution in [0.25, 0.3) is 0 Å². The summed E-state index contributed by atoms with van der Waals surface area (Å²) in [6, 6.07) is 0. The van der Waals surface area contributed by atoms with E-state index in [1.807, 2.05) is 27.7 Å². The molecule has 34 heavy (non-hydrogen) atoms. The highest BCUT2D eigenvalue weighted by Gasteiger charge is 2.24.